The maximum Gasteiger partial charge on any atom is 0.251 e. The van der Waals surface area contributed by atoms with Gasteiger partial charge in [0, 0.05) is 17.8 Å². The lowest BCUT2D eigenvalue weighted by Gasteiger charge is -2.21. The average Bonchev–Trinajstić information content (AvgIpc) is 3.36. The van der Waals surface area contributed by atoms with E-state index in [1.54, 1.807) is 37.7 Å². The number of carbonyl (C=O) groups is 1. The molecule has 30 heavy (non-hydrogen) atoms. The summed E-state index contributed by atoms with van der Waals surface area (Å²) in [6, 6.07) is 12.2. The van der Waals surface area contributed by atoms with Crippen LogP contribution in [0, 0.1) is 18.7 Å². The third-order valence-corrected chi connectivity index (χ3v) is 5.79. The Kier molecular flexibility index (Phi) is 5.84. The number of benzene rings is 2. The van der Waals surface area contributed by atoms with E-state index in [1.165, 1.54) is 6.07 Å². The van der Waals surface area contributed by atoms with E-state index in [1.807, 2.05) is 29.8 Å². The van der Waals surface area contributed by atoms with E-state index in [0.717, 1.165) is 42.6 Å². The number of hydrogen-bond acceptors (Lipinski definition) is 3. The Morgan fingerprint density at radius 2 is 2.13 bits per heavy atom. The van der Waals surface area contributed by atoms with Crippen molar-refractivity contribution in [3.63, 3.8) is 0 Å². The topological polar surface area (TPSA) is 56.1 Å². The number of ether oxygens (including phenoxy) is 1. The van der Waals surface area contributed by atoms with Crippen molar-refractivity contribution in [1.82, 2.24) is 14.9 Å². The van der Waals surface area contributed by atoms with E-state index in [4.69, 9.17) is 4.74 Å². The molecule has 1 amide bonds. The molecule has 3 aromatic rings. The van der Waals surface area contributed by atoms with Gasteiger partial charge < -0.3 is 14.6 Å². The first-order valence-corrected chi connectivity index (χ1v) is 10.3. The van der Waals surface area contributed by atoms with E-state index >= 15 is 0 Å². The number of aryl methyl sites for hydroxylation is 1. The van der Waals surface area contributed by atoms with Crippen LogP contribution in [0.4, 0.5) is 4.39 Å². The second-order valence-corrected chi connectivity index (χ2v) is 7.91. The molecule has 0 bridgehead atoms. The molecule has 2 atom stereocenters. The molecular weight excluding hydrogens is 381 g/mol. The number of rotatable bonds is 6. The standard InChI is InChI=1S/C24H26FN3O2/c1-16-14-28(15-26-16)22-10-9-19(13-23(22)30-2)24(29)27-21-8-4-6-18(21)11-17-5-3-7-20(25)12-17/h3,5,7,9-10,12-15,18,21H,4,6,8,11H2,1-2H3,(H,27,29)/t18-,21-/m1/s1. The molecule has 0 aliphatic heterocycles. The molecular formula is C24H26FN3O2. The summed E-state index contributed by atoms with van der Waals surface area (Å²) in [6.45, 7) is 1.92. The van der Waals surface area contributed by atoms with Crippen LogP contribution in [0.1, 0.15) is 40.9 Å². The van der Waals surface area contributed by atoms with E-state index in [-0.39, 0.29) is 17.8 Å². The normalized spacial score (nSPS) is 18.4. The smallest absolute Gasteiger partial charge is 0.251 e. The summed E-state index contributed by atoms with van der Waals surface area (Å²) in [5.41, 5.74) is 3.27. The van der Waals surface area contributed by atoms with Gasteiger partial charge in [-0.15, -0.1) is 0 Å². The summed E-state index contributed by atoms with van der Waals surface area (Å²) in [5, 5.41) is 3.19. The van der Waals surface area contributed by atoms with E-state index in [0.29, 0.717) is 17.2 Å². The fourth-order valence-electron chi connectivity index (χ4n) is 4.27. The minimum Gasteiger partial charge on any atom is -0.495 e. The summed E-state index contributed by atoms with van der Waals surface area (Å²) in [7, 11) is 1.59. The van der Waals surface area contributed by atoms with Gasteiger partial charge in [-0.05, 0) is 68.0 Å². The van der Waals surface area contributed by atoms with Crippen LogP contribution in [0.3, 0.4) is 0 Å². The van der Waals surface area contributed by atoms with Crippen molar-refractivity contribution in [3.8, 4) is 11.4 Å². The van der Waals surface area contributed by atoms with Crippen molar-refractivity contribution < 1.29 is 13.9 Å². The number of methoxy groups -OCH3 is 1. The monoisotopic (exact) mass is 407 g/mol. The highest BCUT2D eigenvalue weighted by Gasteiger charge is 2.29. The Balaban J connectivity index is 1.47. The van der Waals surface area contributed by atoms with Gasteiger partial charge in [0.2, 0.25) is 0 Å². The van der Waals surface area contributed by atoms with Crippen LogP contribution in [0.2, 0.25) is 0 Å². The third-order valence-electron chi connectivity index (χ3n) is 5.79. The van der Waals surface area contributed by atoms with Crippen LogP contribution < -0.4 is 10.1 Å². The fraction of sp³-hybridized carbons (Fsp3) is 0.333. The van der Waals surface area contributed by atoms with E-state index in [2.05, 4.69) is 10.3 Å². The molecule has 0 saturated heterocycles. The van der Waals surface area contributed by atoms with Crippen LogP contribution in [0.25, 0.3) is 5.69 Å². The number of carbonyl (C=O) groups excluding carboxylic acids is 1. The van der Waals surface area contributed by atoms with E-state index in [9.17, 15) is 9.18 Å². The minimum atomic E-state index is -0.216. The molecule has 0 radical (unpaired) electrons. The van der Waals surface area contributed by atoms with Gasteiger partial charge in [-0.2, -0.15) is 0 Å². The number of aromatic nitrogens is 2. The van der Waals surface area contributed by atoms with Gasteiger partial charge in [0.1, 0.15) is 11.6 Å². The molecule has 6 heteroatoms. The molecule has 4 rings (SSSR count). The summed E-state index contributed by atoms with van der Waals surface area (Å²) in [4.78, 5) is 17.2. The fourth-order valence-corrected chi connectivity index (χ4v) is 4.27. The number of nitrogens with zero attached hydrogens (tertiary/aromatic N) is 2. The second kappa shape index (κ2) is 8.69. The molecule has 1 aliphatic carbocycles. The largest absolute Gasteiger partial charge is 0.495 e. The van der Waals surface area contributed by atoms with Crippen molar-refractivity contribution in [3.05, 3.63) is 77.6 Å². The molecule has 0 spiro atoms. The summed E-state index contributed by atoms with van der Waals surface area (Å²) in [6.07, 6.45) is 7.44. The highest BCUT2D eigenvalue weighted by molar-refractivity contribution is 5.95. The lowest BCUT2D eigenvalue weighted by molar-refractivity contribution is 0.0927. The van der Waals surface area contributed by atoms with Crippen molar-refractivity contribution in [1.29, 1.82) is 0 Å². The predicted molar refractivity (Wildman–Crippen MR) is 114 cm³/mol. The Bertz CT molecular complexity index is 1050. The van der Waals surface area contributed by atoms with Crippen molar-refractivity contribution in [2.24, 2.45) is 5.92 Å². The first-order valence-electron chi connectivity index (χ1n) is 10.3. The van der Waals surface area contributed by atoms with Gasteiger partial charge in [-0.25, -0.2) is 9.37 Å². The third kappa shape index (κ3) is 4.37. The number of amides is 1. The van der Waals surface area contributed by atoms with Crippen molar-refractivity contribution in [2.45, 2.75) is 38.6 Å². The molecule has 156 valence electrons. The molecule has 0 unspecified atom stereocenters. The van der Waals surface area contributed by atoms with Crippen molar-refractivity contribution in [2.75, 3.05) is 7.11 Å². The molecule has 5 nitrogen and oxygen atoms in total. The maximum atomic E-state index is 13.5. The lowest BCUT2D eigenvalue weighted by atomic mass is 9.94. The second-order valence-electron chi connectivity index (χ2n) is 7.91. The SMILES string of the molecule is COc1cc(C(=O)N[C@@H]2CCC[C@@H]2Cc2cccc(F)c2)ccc1-n1cnc(C)c1. The minimum absolute atomic E-state index is 0.0859. The number of nitrogens with one attached hydrogen (secondary N) is 1. The zero-order chi connectivity index (χ0) is 21.1. The summed E-state index contributed by atoms with van der Waals surface area (Å²) >= 11 is 0. The van der Waals surface area contributed by atoms with Crippen LogP contribution >= 0.6 is 0 Å². The zero-order valence-electron chi connectivity index (χ0n) is 17.3. The van der Waals surface area contributed by atoms with Gasteiger partial charge in [-0.1, -0.05) is 18.6 Å². The zero-order valence-corrected chi connectivity index (χ0v) is 17.3. The predicted octanol–water partition coefficient (Wildman–Crippen LogP) is 4.47. The van der Waals surface area contributed by atoms with Gasteiger partial charge in [0.15, 0.2) is 0 Å². The summed E-state index contributed by atoms with van der Waals surface area (Å²) in [5.74, 6) is 0.595. The van der Waals surface area contributed by atoms with Crippen LogP contribution in [0.15, 0.2) is 55.0 Å². The Morgan fingerprint density at radius 3 is 2.87 bits per heavy atom. The first kappa shape index (κ1) is 20.1. The molecule has 1 saturated carbocycles. The first-order chi connectivity index (χ1) is 14.5. The molecule has 2 aromatic carbocycles. The number of halogens is 1. The summed E-state index contributed by atoms with van der Waals surface area (Å²) < 4.78 is 20.9. The lowest BCUT2D eigenvalue weighted by Crippen LogP contribution is -2.38. The number of hydrogen-bond donors (Lipinski definition) is 1. The molecule has 1 aliphatic rings. The Labute approximate surface area is 175 Å². The van der Waals surface area contributed by atoms with Crippen LogP contribution in [-0.4, -0.2) is 28.6 Å². The number of imidazole rings is 1. The maximum absolute atomic E-state index is 13.5. The van der Waals surface area contributed by atoms with Gasteiger partial charge >= 0.3 is 0 Å². The Morgan fingerprint density at radius 1 is 1.27 bits per heavy atom. The average molecular weight is 407 g/mol. The van der Waals surface area contributed by atoms with Gasteiger partial charge in [0.25, 0.3) is 5.91 Å². The molecule has 1 fully saturated rings. The van der Waals surface area contributed by atoms with Gasteiger partial charge in [-0.3, -0.25) is 4.79 Å². The molecule has 1 N–H and O–H groups in total. The highest BCUT2D eigenvalue weighted by atomic mass is 19.1. The van der Waals surface area contributed by atoms with E-state index < -0.39 is 0 Å². The Hall–Kier alpha value is -3.15. The van der Waals surface area contributed by atoms with Gasteiger partial charge in [0.05, 0.1) is 24.8 Å². The molecule has 1 aromatic heterocycles. The highest BCUT2D eigenvalue weighted by Crippen LogP contribution is 2.30. The van der Waals surface area contributed by atoms with Crippen LogP contribution in [-0.2, 0) is 6.42 Å². The molecule has 1 heterocycles. The quantitative estimate of drug-likeness (QED) is 0.656. The van der Waals surface area contributed by atoms with Crippen molar-refractivity contribution >= 4 is 5.91 Å². The van der Waals surface area contributed by atoms with Crippen LogP contribution in [0.5, 0.6) is 5.75 Å².